The molecule has 10 heteroatoms. The van der Waals surface area contributed by atoms with E-state index >= 15 is 0 Å². The van der Waals surface area contributed by atoms with E-state index in [0.717, 1.165) is 42.9 Å². The molecule has 1 aromatic heterocycles. The van der Waals surface area contributed by atoms with Gasteiger partial charge in [0, 0.05) is 11.8 Å². The number of hydrogen-bond acceptors (Lipinski definition) is 9. The van der Waals surface area contributed by atoms with Gasteiger partial charge >= 0.3 is 0 Å². The number of nitrogens with zero attached hydrogens (tertiary/aromatic N) is 2. The minimum Gasteiger partial charge on any atom is -0.489 e. The topological polar surface area (TPSA) is 125 Å². The van der Waals surface area contributed by atoms with E-state index in [-0.39, 0.29) is 11.0 Å². The number of aromatic nitrogens is 2. The number of benzene rings is 2. The summed E-state index contributed by atoms with van der Waals surface area (Å²) in [5.41, 5.74) is 4.29. The van der Waals surface area contributed by atoms with Gasteiger partial charge in [0.25, 0.3) is 0 Å². The van der Waals surface area contributed by atoms with Crippen LogP contribution >= 0.6 is 0 Å². The lowest BCUT2D eigenvalue weighted by Gasteiger charge is -2.26. The van der Waals surface area contributed by atoms with Crippen molar-refractivity contribution in [2.75, 3.05) is 23.7 Å². The number of piperidine rings is 1. The summed E-state index contributed by atoms with van der Waals surface area (Å²) >= 11 is 0. The molecule has 9 nitrogen and oxygen atoms in total. The lowest BCUT2D eigenvalue weighted by atomic mass is 9.87. The molecule has 2 aromatic carbocycles. The van der Waals surface area contributed by atoms with Crippen LogP contribution in [0.3, 0.4) is 0 Å². The van der Waals surface area contributed by atoms with E-state index in [1.807, 2.05) is 20.8 Å². The molecule has 0 unspecified atom stereocenters. The third kappa shape index (κ3) is 6.51. The van der Waals surface area contributed by atoms with Crippen LogP contribution in [0.15, 0.2) is 47.5 Å². The highest BCUT2D eigenvalue weighted by atomic mass is 32.2. The van der Waals surface area contributed by atoms with Crippen LogP contribution < -0.4 is 20.7 Å². The molecule has 0 aliphatic carbocycles. The van der Waals surface area contributed by atoms with Gasteiger partial charge in [-0.3, -0.25) is 0 Å². The molecule has 4 rings (SSSR count). The van der Waals surface area contributed by atoms with E-state index in [0.29, 0.717) is 23.4 Å². The zero-order valence-corrected chi connectivity index (χ0v) is 24.3. The monoisotopic (exact) mass is 553 g/mol. The smallest absolute Gasteiger partial charge is 0.229 e. The van der Waals surface area contributed by atoms with Crippen molar-refractivity contribution in [3.63, 3.8) is 0 Å². The van der Waals surface area contributed by atoms with Gasteiger partial charge in [0.15, 0.2) is 4.93 Å². The molecule has 0 atom stereocenters. The van der Waals surface area contributed by atoms with E-state index in [1.54, 1.807) is 24.4 Å². The van der Waals surface area contributed by atoms with Crippen LogP contribution in [0, 0.1) is 13.8 Å². The predicted octanol–water partition coefficient (Wildman–Crippen LogP) is 5.34. The summed E-state index contributed by atoms with van der Waals surface area (Å²) in [6.45, 7) is 12.5. The van der Waals surface area contributed by atoms with Crippen LogP contribution in [0.2, 0.25) is 0 Å². The van der Waals surface area contributed by atoms with Gasteiger partial charge in [-0.1, -0.05) is 12.1 Å². The Balaban J connectivity index is 1.67. The van der Waals surface area contributed by atoms with Crippen molar-refractivity contribution in [3.8, 4) is 5.75 Å². The summed E-state index contributed by atoms with van der Waals surface area (Å²) in [5, 5.41) is 20.2. The molecule has 0 bridgehead atoms. The van der Waals surface area contributed by atoms with E-state index in [2.05, 4.69) is 45.0 Å². The number of aliphatic hydroxyl groups is 1. The van der Waals surface area contributed by atoms with Crippen molar-refractivity contribution in [1.29, 1.82) is 0 Å². The molecule has 1 aliphatic rings. The van der Waals surface area contributed by atoms with Crippen LogP contribution in [0.25, 0.3) is 0 Å². The van der Waals surface area contributed by atoms with Gasteiger partial charge < -0.3 is 25.8 Å². The lowest BCUT2D eigenvalue weighted by molar-refractivity contribution is 0.165. The first kappa shape index (κ1) is 28.8. The molecule has 1 aliphatic heterocycles. The number of ether oxygens (including phenoxy) is 1. The van der Waals surface area contributed by atoms with Crippen molar-refractivity contribution in [3.05, 3.63) is 59.3 Å². The molecule has 4 N–H and O–H groups in total. The number of para-hydroxylation sites is 1. The van der Waals surface area contributed by atoms with Gasteiger partial charge in [0.1, 0.15) is 11.6 Å². The van der Waals surface area contributed by atoms with Gasteiger partial charge in [-0.2, -0.15) is 4.98 Å². The van der Waals surface area contributed by atoms with Crippen LogP contribution in [0.4, 0.5) is 23.1 Å². The normalized spacial score (nSPS) is 14.9. The average molecular weight is 554 g/mol. The average Bonchev–Trinajstić information content (AvgIpc) is 2.87. The van der Waals surface area contributed by atoms with Crippen molar-refractivity contribution in [2.45, 2.75) is 76.2 Å². The van der Waals surface area contributed by atoms with E-state index in [4.69, 9.17) is 4.74 Å². The molecule has 3 aromatic rings. The summed E-state index contributed by atoms with van der Waals surface area (Å²) < 4.78 is 32.2. The molecular formula is C29H39N5O4S. The summed E-state index contributed by atoms with van der Waals surface area (Å²) in [5.74, 6) is 2.01. The lowest BCUT2D eigenvalue weighted by Crippen LogP contribution is -2.31. The summed E-state index contributed by atoms with van der Waals surface area (Å²) in [6, 6.07) is 10.7. The Morgan fingerprint density at radius 1 is 1.05 bits per heavy atom. The van der Waals surface area contributed by atoms with E-state index in [9.17, 15) is 13.5 Å². The number of anilines is 4. The molecule has 0 amide bonds. The summed E-state index contributed by atoms with van der Waals surface area (Å²) in [4.78, 5) is 7.17. The second-order valence-electron chi connectivity index (χ2n) is 10.8. The maximum Gasteiger partial charge on any atom is 0.229 e. The van der Waals surface area contributed by atoms with Crippen LogP contribution in [-0.4, -0.2) is 47.6 Å². The third-order valence-corrected chi connectivity index (χ3v) is 9.07. The van der Waals surface area contributed by atoms with Crippen LogP contribution in [0.5, 0.6) is 5.75 Å². The van der Waals surface area contributed by atoms with Crippen LogP contribution in [-0.2, 0) is 9.84 Å². The Bertz CT molecular complexity index is 1430. The maximum atomic E-state index is 13.0. The second-order valence-corrected chi connectivity index (χ2v) is 13.3. The fourth-order valence-corrected chi connectivity index (χ4v) is 5.88. The molecule has 0 spiro atoms. The predicted molar refractivity (Wildman–Crippen MR) is 155 cm³/mol. The first-order valence-corrected chi connectivity index (χ1v) is 14.8. The van der Waals surface area contributed by atoms with Crippen molar-refractivity contribution < 1.29 is 18.3 Å². The quantitative estimate of drug-likeness (QED) is 0.278. The molecule has 210 valence electrons. The summed E-state index contributed by atoms with van der Waals surface area (Å²) in [6.07, 6.45) is 3.84. The number of aryl methyl sites for hydroxylation is 2. The van der Waals surface area contributed by atoms with Crippen molar-refractivity contribution in [1.82, 2.24) is 15.3 Å². The van der Waals surface area contributed by atoms with E-state index < -0.39 is 14.8 Å². The zero-order valence-electron chi connectivity index (χ0n) is 23.5. The fourth-order valence-electron chi connectivity index (χ4n) is 4.68. The fraction of sp³-hybridized carbons (Fsp3) is 0.448. The summed E-state index contributed by atoms with van der Waals surface area (Å²) in [7, 11) is -4.02. The van der Waals surface area contributed by atoms with Gasteiger partial charge in [-0.25, -0.2) is 13.4 Å². The first-order chi connectivity index (χ1) is 18.4. The number of rotatable bonds is 9. The standard InChI is InChI=1S/C29H39N5O4S/c1-18(2)38-25-16-22(21-11-13-30-14-12-21)19(3)15-24(25)33-28-31-17-20(4)27(34-28)32-23-9-7-8-10-26(23)39(36,37)29(5,6)35/h7-10,15-18,21,30,35H,11-14H2,1-6H3,(H2,31,32,33,34). The van der Waals surface area contributed by atoms with Crippen molar-refractivity contribution in [2.24, 2.45) is 0 Å². The minimum absolute atomic E-state index is 0.0123. The van der Waals surface area contributed by atoms with Crippen LogP contribution in [0.1, 0.15) is 63.1 Å². The highest BCUT2D eigenvalue weighted by Gasteiger charge is 2.35. The molecule has 1 fully saturated rings. The number of nitrogens with one attached hydrogen (secondary N) is 3. The zero-order chi connectivity index (χ0) is 28.4. The highest BCUT2D eigenvalue weighted by Crippen LogP contribution is 2.37. The SMILES string of the molecule is Cc1cc(Nc2ncc(C)c(Nc3ccccc3S(=O)(=O)C(C)(C)O)n2)c(OC(C)C)cc1C1CCNCC1. The molecule has 0 radical (unpaired) electrons. The highest BCUT2D eigenvalue weighted by molar-refractivity contribution is 7.92. The third-order valence-electron chi connectivity index (χ3n) is 6.82. The Hall–Kier alpha value is -3.21. The van der Waals surface area contributed by atoms with Gasteiger partial charge in [-0.15, -0.1) is 0 Å². The number of hydrogen-bond donors (Lipinski definition) is 4. The first-order valence-electron chi connectivity index (χ1n) is 13.3. The molecule has 39 heavy (non-hydrogen) atoms. The second kappa shape index (κ2) is 11.5. The Kier molecular flexibility index (Phi) is 8.48. The Labute approximate surface area is 231 Å². The number of sulfone groups is 1. The van der Waals surface area contributed by atoms with Gasteiger partial charge in [-0.05, 0) is 109 Å². The molecule has 2 heterocycles. The Morgan fingerprint density at radius 3 is 2.41 bits per heavy atom. The molecular weight excluding hydrogens is 514 g/mol. The van der Waals surface area contributed by atoms with E-state index in [1.165, 1.54) is 31.0 Å². The molecule has 0 saturated carbocycles. The maximum absolute atomic E-state index is 13.0. The largest absolute Gasteiger partial charge is 0.489 e. The van der Waals surface area contributed by atoms with Gasteiger partial charge in [0.05, 0.1) is 22.4 Å². The minimum atomic E-state index is -4.02. The van der Waals surface area contributed by atoms with Gasteiger partial charge in [0.2, 0.25) is 15.8 Å². The molecule has 1 saturated heterocycles. The van der Waals surface area contributed by atoms with Crippen molar-refractivity contribution >= 4 is 33.0 Å². The Morgan fingerprint density at radius 2 is 1.74 bits per heavy atom.